The molecule has 4 aromatic carbocycles. The molecule has 0 aliphatic carbocycles. The number of nitro groups is 1. The predicted molar refractivity (Wildman–Crippen MR) is 153 cm³/mol. The van der Waals surface area contributed by atoms with Gasteiger partial charge in [-0.1, -0.05) is 29.8 Å². The van der Waals surface area contributed by atoms with Crippen LogP contribution >= 0.6 is 0 Å². The van der Waals surface area contributed by atoms with Gasteiger partial charge in [-0.3, -0.25) is 24.5 Å². The van der Waals surface area contributed by atoms with Gasteiger partial charge in [-0.25, -0.2) is 14.5 Å². The molecule has 0 spiro atoms. The summed E-state index contributed by atoms with van der Waals surface area (Å²) in [4.78, 5) is 75.4. The highest BCUT2D eigenvalue weighted by Gasteiger charge is 2.42. The van der Waals surface area contributed by atoms with Crippen molar-refractivity contribution < 1.29 is 38.4 Å². The minimum Gasteiger partial charge on any atom is -0.454 e. The predicted octanol–water partition coefficient (Wildman–Crippen LogP) is 5.27. The molecule has 0 bridgehead atoms. The van der Waals surface area contributed by atoms with Gasteiger partial charge in [-0.2, -0.15) is 0 Å². The van der Waals surface area contributed by atoms with Crippen molar-refractivity contribution in [3.63, 3.8) is 0 Å². The first-order chi connectivity index (χ1) is 20.5. The zero-order valence-electron chi connectivity index (χ0n) is 22.9. The number of hydrogen-bond donors (Lipinski definition) is 0. The molecule has 0 saturated carbocycles. The summed E-state index contributed by atoms with van der Waals surface area (Å²) < 4.78 is 10.5. The third kappa shape index (κ3) is 5.64. The van der Waals surface area contributed by atoms with E-state index >= 15 is 0 Å². The number of nitro benzene ring substituents is 1. The number of benzene rings is 4. The van der Waals surface area contributed by atoms with Gasteiger partial charge in [0.05, 0.1) is 27.3 Å². The lowest BCUT2D eigenvalue weighted by Gasteiger charge is -2.17. The van der Waals surface area contributed by atoms with Crippen LogP contribution in [-0.2, 0) is 4.74 Å². The number of carbonyl (C=O) groups is 5. The number of ether oxygens (including phenoxy) is 2. The molecule has 43 heavy (non-hydrogen) atoms. The van der Waals surface area contributed by atoms with E-state index in [0.29, 0.717) is 11.1 Å². The maximum absolute atomic E-state index is 13.1. The molecule has 1 aliphatic rings. The third-order valence-corrected chi connectivity index (χ3v) is 6.78. The van der Waals surface area contributed by atoms with Crippen LogP contribution in [0.1, 0.15) is 62.9 Å². The number of nitrogens with zero attached hydrogens (tertiary/aromatic N) is 2. The highest BCUT2D eigenvalue weighted by Crippen LogP contribution is 2.35. The van der Waals surface area contributed by atoms with Crippen LogP contribution in [0.25, 0.3) is 0 Å². The zero-order chi connectivity index (χ0) is 30.8. The third-order valence-electron chi connectivity index (χ3n) is 6.78. The molecule has 1 aliphatic heterocycles. The molecule has 11 nitrogen and oxygen atoms in total. The molecule has 5 rings (SSSR count). The fourth-order valence-electron chi connectivity index (χ4n) is 4.48. The fourth-order valence-corrected chi connectivity index (χ4v) is 4.48. The average molecular weight is 579 g/mol. The number of anilines is 1. The number of Topliss-reactive ketones (excluding diaryl/α,β-unsaturated/α-hetero) is 1. The molecule has 0 aromatic heterocycles. The van der Waals surface area contributed by atoms with Crippen LogP contribution < -0.4 is 9.64 Å². The molecule has 0 N–H and O–H groups in total. The Labute approximate surface area is 244 Å². The van der Waals surface area contributed by atoms with E-state index in [-0.39, 0.29) is 33.7 Å². The van der Waals surface area contributed by atoms with Crippen molar-refractivity contribution >= 4 is 40.9 Å². The van der Waals surface area contributed by atoms with E-state index in [1.54, 1.807) is 31.2 Å². The summed E-state index contributed by atoms with van der Waals surface area (Å²) in [5.41, 5.74) is 1.10. The second-order valence-electron chi connectivity index (χ2n) is 9.68. The summed E-state index contributed by atoms with van der Waals surface area (Å²) in [5, 5.41) is 11.4. The van der Waals surface area contributed by atoms with Gasteiger partial charge in [0, 0.05) is 11.6 Å². The largest absolute Gasteiger partial charge is 0.454 e. The Morgan fingerprint density at radius 2 is 1.44 bits per heavy atom. The monoisotopic (exact) mass is 578 g/mol. The van der Waals surface area contributed by atoms with Gasteiger partial charge >= 0.3 is 11.9 Å². The lowest BCUT2D eigenvalue weighted by molar-refractivity contribution is -0.385. The van der Waals surface area contributed by atoms with Gasteiger partial charge in [0.25, 0.3) is 17.5 Å². The smallest absolute Gasteiger partial charge is 0.343 e. The second-order valence-corrected chi connectivity index (χ2v) is 9.68. The quantitative estimate of drug-likeness (QED) is 0.0680. The SMILES string of the molecule is Cc1ccc(C(=O)Oc2ccc(C(=O)COC(=O)c3ccc(C)c(N4C(=O)c5cccc([N+](=O)[O-])c5C4=O)c3)cc2)cc1. The molecule has 0 radical (unpaired) electrons. The number of hydrogen-bond acceptors (Lipinski definition) is 9. The standard InChI is InChI=1S/C32H22N2O9/c1-18-6-9-21(10-7-18)32(39)43-23-14-12-20(13-15-23)27(35)17-42-31(38)22-11-8-19(2)26(16-22)33-29(36)24-4-3-5-25(34(40)41)28(24)30(33)37/h3-16H,17H2,1-2H3. The second kappa shape index (κ2) is 11.5. The van der Waals surface area contributed by atoms with Crippen molar-refractivity contribution in [1.82, 2.24) is 0 Å². The number of rotatable bonds is 8. The summed E-state index contributed by atoms with van der Waals surface area (Å²) in [7, 11) is 0. The minimum atomic E-state index is -0.888. The number of carbonyl (C=O) groups excluding carboxylic acids is 5. The van der Waals surface area contributed by atoms with Crippen LogP contribution in [-0.4, -0.2) is 41.1 Å². The molecule has 11 heteroatoms. The van der Waals surface area contributed by atoms with Crippen molar-refractivity contribution in [3.8, 4) is 5.75 Å². The van der Waals surface area contributed by atoms with Gasteiger partial charge in [0.15, 0.2) is 12.4 Å². The van der Waals surface area contributed by atoms with Gasteiger partial charge < -0.3 is 9.47 Å². The van der Waals surface area contributed by atoms with Gasteiger partial charge in [-0.15, -0.1) is 0 Å². The normalized spacial score (nSPS) is 12.1. The van der Waals surface area contributed by atoms with E-state index in [4.69, 9.17) is 9.47 Å². The summed E-state index contributed by atoms with van der Waals surface area (Å²) in [5.74, 6) is -3.38. The maximum atomic E-state index is 13.1. The molecule has 0 atom stereocenters. The highest BCUT2D eigenvalue weighted by molar-refractivity contribution is 6.36. The van der Waals surface area contributed by atoms with Gasteiger partial charge in [0.1, 0.15) is 11.3 Å². The summed E-state index contributed by atoms with van der Waals surface area (Å²) in [6, 6.07) is 20.5. The van der Waals surface area contributed by atoms with Gasteiger partial charge in [-0.05, 0) is 74.0 Å². The van der Waals surface area contributed by atoms with Crippen LogP contribution in [0.3, 0.4) is 0 Å². The Hall–Kier alpha value is -5.97. The summed E-state index contributed by atoms with van der Waals surface area (Å²) >= 11 is 0. The van der Waals surface area contributed by atoms with Gasteiger partial charge in [0.2, 0.25) is 0 Å². The number of fused-ring (bicyclic) bond motifs is 1. The Balaban J connectivity index is 1.25. The number of ketones is 1. The van der Waals surface area contributed by atoms with Crippen molar-refractivity contribution in [2.45, 2.75) is 13.8 Å². The number of amides is 2. The van der Waals surface area contributed by atoms with E-state index in [1.807, 2.05) is 6.92 Å². The molecular formula is C32H22N2O9. The molecular weight excluding hydrogens is 556 g/mol. The van der Waals surface area contributed by atoms with Crippen LogP contribution in [0.4, 0.5) is 11.4 Å². The molecule has 2 amide bonds. The average Bonchev–Trinajstić information content (AvgIpc) is 3.25. The molecule has 0 unspecified atom stereocenters. The Morgan fingerprint density at radius 3 is 2.12 bits per heavy atom. The molecule has 1 heterocycles. The van der Waals surface area contributed by atoms with E-state index in [1.165, 1.54) is 54.6 Å². The van der Waals surface area contributed by atoms with Crippen molar-refractivity contribution in [2.24, 2.45) is 0 Å². The van der Waals surface area contributed by atoms with Crippen LogP contribution in [0, 0.1) is 24.0 Å². The van der Waals surface area contributed by atoms with Crippen LogP contribution in [0.2, 0.25) is 0 Å². The lowest BCUT2D eigenvalue weighted by atomic mass is 10.1. The first-order valence-electron chi connectivity index (χ1n) is 12.9. The van der Waals surface area contributed by atoms with E-state index < -0.39 is 46.8 Å². The number of esters is 2. The zero-order valence-corrected chi connectivity index (χ0v) is 22.9. The highest BCUT2D eigenvalue weighted by atomic mass is 16.6. The molecule has 4 aromatic rings. The van der Waals surface area contributed by atoms with Crippen molar-refractivity contribution in [2.75, 3.05) is 11.5 Å². The van der Waals surface area contributed by atoms with Crippen LogP contribution in [0.5, 0.6) is 5.75 Å². The lowest BCUT2D eigenvalue weighted by Crippen LogP contribution is -2.30. The maximum Gasteiger partial charge on any atom is 0.343 e. The van der Waals surface area contributed by atoms with Crippen LogP contribution in [0.15, 0.2) is 84.9 Å². The Bertz CT molecular complexity index is 1830. The van der Waals surface area contributed by atoms with E-state index in [0.717, 1.165) is 16.5 Å². The first kappa shape index (κ1) is 28.6. The fraction of sp³-hybridized carbons (Fsp3) is 0.0938. The topological polar surface area (TPSA) is 150 Å². The van der Waals surface area contributed by atoms with Crippen molar-refractivity contribution in [3.05, 3.63) is 134 Å². The van der Waals surface area contributed by atoms with Crippen molar-refractivity contribution in [1.29, 1.82) is 0 Å². The Morgan fingerprint density at radius 1 is 0.791 bits per heavy atom. The number of aryl methyl sites for hydroxylation is 2. The molecule has 0 fully saturated rings. The Kier molecular flexibility index (Phi) is 7.63. The molecule has 0 saturated heterocycles. The number of imide groups is 1. The van der Waals surface area contributed by atoms with E-state index in [9.17, 15) is 34.1 Å². The minimum absolute atomic E-state index is 0.0437. The van der Waals surface area contributed by atoms with E-state index in [2.05, 4.69) is 0 Å². The summed E-state index contributed by atoms with van der Waals surface area (Å²) in [6.07, 6.45) is 0. The summed E-state index contributed by atoms with van der Waals surface area (Å²) in [6.45, 7) is 2.90. The molecule has 214 valence electrons. The first-order valence-corrected chi connectivity index (χ1v) is 12.9.